The molecule has 21 heavy (non-hydrogen) atoms. The summed E-state index contributed by atoms with van der Waals surface area (Å²) in [5.41, 5.74) is 8.20. The summed E-state index contributed by atoms with van der Waals surface area (Å²) in [5.74, 6) is -0.0240. The van der Waals surface area contributed by atoms with Crippen LogP contribution in [0.4, 0.5) is 10.3 Å². The monoisotopic (exact) mass is 280 g/mol. The van der Waals surface area contributed by atoms with Crippen LogP contribution in [0, 0.1) is 5.82 Å². The second kappa shape index (κ2) is 5.58. The first-order chi connectivity index (χ1) is 10.2. The Hall–Kier alpha value is -2.95. The van der Waals surface area contributed by atoms with Crippen LogP contribution >= 0.6 is 0 Å². The van der Waals surface area contributed by atoms with Gasteiger partial charge in [0.25, 0.3) is 0 Å². The highest BCUT2D eigenvalue weighted by atomic mass is 19.1. The molecule has 0 saturated carbocycles. The Morgan fingerprint density at radius 1 is 1.10 bits per heavy atom. The average molecular weight is 280 g/mol. The number of nitrogens with two attached hydrogens (primary N) is 1. The molecule has 0 unspecified atom stereocenters. The summed E-state index contributed by atoms with van der Waals surface area (Å²) in [5, 5.41) is 4.20. The van der Waals surface area contributed by atoms with E-state index in [-0.39, 0.29) is 11.8 Å². The average Bonchev–Trinajstić information content (AvgIpc) is 2.87. The fraction of sp³-hybridized carbons (Fsp3) is 0. The minimum Gasteiger partial charge on any atom is -0.368 e. The Balaban J connectivity index is 1.88. The molecule has 0 aliphatic rings. The number of anilines is 1. The van der Waals surface area contributed by atoms with Crippen molar-refractivity contribution in [3.8, 4) is 11.3 Å². The maximum atomic E-state index is 13.1. The Labute approximate surface area is 121 Å². The number of aromatic nitrogens is 2. The van der Waals surface area contributed by atoms with Gasteiger partial charge in [0, 0.05) is 5.56 Å². The predicted octanol–water partition coefficient (Wildman–Crippen LogP) is 3.15. The lowest BCUT2D eigenvalue weighted by Gasteiger charge is -1.95. The molecule has 0 fully saturated rings. The lowest BCUT2D eigenvalue weighted by Crippen LogP contribution is -1.97. The Kier molecular flexibility index (Phi) is 3.47. The standard InChI is InChI=1S/C16H13FN4/c17-14-8-4-5-12(9-14)10-19-21-11-15(20-16(21)18)13-6-2-1-3-7-13/h1-11H,(H2,18,20)/b19-10+. The van der Waals surface area contributed by atoms with E-state index in [4.69, 9.17) is 5.73 Å². The second-order valence-corrected chi connectivity index (χ2v) is 4.49. The molecule has 104 valence electrons. The summed E-state index contributed by atoms with van der Waals surface area (Å²) in [6, 6.07) is 15.9. The van der Waals surface area contributed by atoms with Crippen LogP contribution in [0.1, 0.15) is 5.56 Å². The third-order valence-electron chi connectivity index (χ3n) is 2.96. The van der Waals surface area contributed by atoms with E-state index in [0.717, 1.165) is 11.3 Å². The molecule has 0 aliphatic carbocycles. The van der Waals surface area contributed by atoms with Gasteiger partial charge in [0.1, 0.15) is 5.82 Å². The Bertz CT molecular complexity index is 778. The van der Waals surface area contributed by atoms with Gasteiger partial charge < -0.3 is 5.73 Å². The minimum absolute atomic E-state index is 0.279. The van der Waals surface area contributed by atoms with Crippen molar-refractivity contribution < 1.29 is 4.39 Å². The van der Waals surface area contributed by atoms with Gasteiger partial charge in [0.05, 0.1) is 18.1 Å². The topological polar surface area (TPSA) is 56.2 Å². The molecule has 3 rings (SSSR count). The Morgan fingerprint density at radius 2 is 1.90 bits per heavy atom. The number of benzene rings is 2. The van der Waals surface area contributed by atoms with Gasteiger partial charge in [-0.15, -0.1) is 0 Å². The third kappa shape index (κ3) is 2.97. The van der Waals surface area contributed by atoms with Gasteiger partial charge in [-0.05, 0) is 17.7 Å². The molecule has 0 saturated heterocycles. The van der Waals surface area contributed by atoms with Gasteiger partial charge in [-0.1, -0.05) is 42.5 Å². The maximum absolute atomic E-state index is 13.1. The van der Waals surface area contributed by atoms with E-state index in [0.29, 0.717) is 5.56 Å². The molecule has 4 nitrogen and oxygen atoms in total. The Morgan fingerprint density at radius 3 is 2.67 bits per heavy atom. The van der Waals surface area contributed by atoms with Gasteiger partial charge >= 0.3 is 0 Å². The molecule has 2 N–H and O–H groups in total. The van der Waals surface area contributed by atoms with E-state index in [1.54, 1.807) is 18.3 Å². The van der Waals surface area contributed by atoms with Crippen molar-refractivity contribution in [1.29, 1.82) is 0 Å². The number of nitrogens with zero attached hydrogens (tertiary/aromatic N) is 3. The molecule has 0 atom stereocenters. The van der Waals surface area contributed by atoms with Crippen LogP contribution in [0.2, 0.25) is 0 Å². The van der Waals surface area contributed by atoms with Crippen LogP contribution in [-0.4, -0.2) is 15.9 Å². The van der Waals surface area contributed by atoms with Crippen molar-refractivity contribution >= 4 is 12.2 Å². The fourth-order valence-electron chi connectivity index (χ4n) is 1.94. The van der Waals surface area contributed by atoms with E-state index in [1.807, 2.05) is 30.3 Å². The second-order valence-electron chi connectivity index (χ2n) is 4.49. The molecule has 0 bridgehead atoms. The van der Waals surface area contributed by atoms with Gasteiger partial charge in [0.15, 0.2) is 0 Å². The predicted molar refractivity (Wildman–Crippen MR) is 81.5 cm³/mol. The summed E-state index contributed by atoms with van der Waals surface area (Å²) < 4.78 is 14.6. The van der Waals surface area contributed by atoms with Crippen LogP contribution in [0.5, 0.6) is 0 Å². The van der Waals surface area contributed by atoms with Crippen molar-refractivity contribution in [3.05, 3.63) is 72.2 Å². The molecule has 0 radical (unpaired) electrons. The van der Waals surface area contributed by atoms with E-state index < -0.39 is 0 Å². The van der Waals surface area contributed by atoms with E-state index in [1.165, 1.54) is 23.0 Å². The first kappa shape index (κ1) is 13.1. The van der Waals surface area contributed by atoms with Crippen molar-refractivity contribution in [3.63, 3.8) is 0 Å². The number of imidazole rings is 1. The van der Waals surface area contributed by atoms with E-state index in [2.05, 4.69) is 10.1 Å². The van der Waals surface area contributed by atoms with Crippen molar-refractivity contribution in [2.24, 2.45) is 5.10 Å². The van der Waals surface area contributed by atoms with Gasteiger partial charge in [0.2, 0.25) is 5.95 Å². The largest absolute Gasteiger partial charge is 0.368 e. The van der Waals surface area contributed by atoms with Crippen molar-refractivity contribution in [2.75, 3.05) is 5.73 Å². The summed E-state index contributed by atoms with van der Waals surface area (Å²) in [7, 11) is 0. The first-order valence-electron chi connectivity index (χ1n) is 6.42. The summed E-state index contributed by atoms with van der Waals surface area (Å²) in [6.45, 7) is 0. The number of rotatable bonds is 3. The molecule has 1 aromatic heterocycles. The van der Waals surface area contributed by atoms with Gasteiger partial charge in [-0.2, -0.15) is 5.10 Å². The van der Waals surface area contributed by atoms with Crippen LogP contribution in [-0.2, 0) is 0 Å². The van der Waals surface area contributed by atoms with E-state index >= 15 is 0 Å². The summed E-state index contributed by atoms with van der Waals surface area (Å²) in [4.78, 5) is 4.26. The lowest BCUT2D eigenvalue weighted by molar-refractivity contribution is 0.627. The zero-order valence-electron chi connectivity index (χ0n) is 11.1. The fourth-order valence-corrected chi connectivity index (χ4v) is 1.94. The summed E-state index contributed by atoms with van der Waals surface area (Å²) >= 11 is 0. The van der Waals surface area contributed by atoms with Crippen LogP contribution in [0.15, 0.2) is 65.9 Å². The molecular formula is C16H13FN4. The molecule has 0 spiro atoms. The number of hydrogen-bond donors (Lipinski definition) is 1. The highest BCUT2D eigenvalue weighted by Gasteiger charge is 2.05. The maximum Gasteiger partial charge on any atom is 0.221 e. The lowest BCUT2D eigenvalue weighted by atomic mass is 10.2. The van der Waals surface area contributed by atoms with Crippen LogP contribution < -0.4 is 5.73 Å². The normalized spacial score (nSPS) is 11.1. The molecule has 1 heterocycles. The van der Waals surface area contributed by atoms with Crippen LogP contribution in [0.25, 0.3) is 11.3 Å². The SMILES string of the molecule is Nc1nc(-c2ccccc2)cn1/N=C/c1cccc(F)c1. The molecular weight excluding hydrogens is 267 g/mol. The minimum atomic E-state index is -0.303. The number of nitrogen functional groups attached to an aromatic ring is 1. The van der Waals surface area contributed by atoms with Crippen molar-refractivity contribution in [1.82, 2.24) is 9.66 Å². The smallest absolute Gasteiger partial charge is 0.221 e. The number of halogens is 1. The third-order valence-corrected chi connectivity index (χ3v) is 2.96. The first-order valence-corrected chi connectivity index (χ1v) is 6.42. The van der Waals surface area contributed by atoms with E-state index in [9.17, 15) is 4.39 Å². The molecule has 0 amide bonds. The molecule has 5 heteroatoms. The zero-order chi connectivity index (χ0) is 14.7. The molecule has 3 aromatic rings. The van der Waals surface area contributed by atoms with Gasteiger partial charge in [-0.3, -0.25) is 0 Å². The highest BCUT2D eigenvalue weighted by molar-refractivity contribution is 5.79. The van der Waals surface area contributed by atoms with Crippen molar-refractivity contribution in [2.45, 2.75) is 0 Å². The van der Waals surface area contributed by atoms with Crippen LogP contribution in [0.3, 0.4) is 0 Å². The quantitative estimate of drug-likeness (QED) is 0.749. The zero-order valence-corrected chi connectivity index (χ0v) is 11.1. The molecule has 0 aliphatic heterocycles. The number of hydrogen-bond acceptors (Lipinski definition) is 3. The molecule has 2 aromatic carbocycles. The van der Waals surface area contributed by atoms with Gasteiger partial charge in [-0.25, -0.2) is 14.1 Å². The summed E-state index contributed by atoms with van der Waals surface area (Å²) in [6.07, 6.45) is 3.27. The highest BCUT2D eigenvalue weighted by Crippen LogP contribution is 2.19.